The van der Waals surface area contributed by atoms with Crippen molar-refractivity contribution < 1.29 is 29.0 Å². The quantitative estimate of drug-likeness (QED) is 0.775. The number of rotatable bonds is 4. The molecule has 0 unspecified atom stereocenters. The van der Waals surface area contributed by atoms with Gasteiger partial charge >= 0.3 is 11.9 Å². The van der Waals surface area contributed by atoms with Crippen LogP contribution in [0, 0.1) is 5.41 Å². The van der Waals surface area contributed by atoms with Crippen LogP contribution in [0.1, 0.15) is 19.8 Å². The van der Waals surface area contributed by atoms with E-state index < -0.39 is 41.8 Å². The second-order valence-electron chi connectivity index (χ2n) is 3.98. The largest absolute Gasteiger partial charge is 0.481 e. The van der Waals surface area contributed by atoms with Crippen LogP contribution in [0.2, 0.25) is 0 Å². The van der Waals surface area contributed by atoms with Crippen molar-refractivity contribution in [2.24, 2.45) is 5.41 Å². The van der Waals surface area contributed by atoms with E-state index in [-0.39, 0.29) is 5.57 Å². The Labute approximate surface area is 96.2 Å². The first-order valence-electron chi connectivity index (χ1n) is 4.82. The normalized spacial score (nSPS) is 18.4. The van der Waals surface area contributed by atoms with Crippen molar-refractivity contribution in [1.82, 2.24) is 0 Å². The summed E-state index contributed by atoms with van der Waals surface area (Å²) in [5.41, 5.74) is -1.80. The molecule has 0 spiro atoms. The highest BCUT2D eigenvalue weighted by Crippen LogP contribution is 2.37. The molecule has 5 nitrogen and oxygen atoms in total. The van der Waals surface area contributed by atoms with Crippen molar-refractivity contribution >= 4 is 17.7 Å². The molecule has 0 amide bonds. The van der Waals surface area contributed by atoms with Gasteiger partial charge in [0.15, 0.2) is 5.78 Å². The standard InChI is InChI=1S/C11H11FO5/c1-6-2-7(12)3-11(10(6)17,4-8(13)14)5-9(15)16/h2-3H,4-5H2,1H3,(H,13,14)(H,15,16). The topological polar surface area (TPSA) is 91.7 Å². The molecule has 92 valence electrons. The Kier molecular flexibility index (Phi) is 3.45. The Bertz CT molecular complexity index is 431. The van der Waals surface area contributed by atoms with Crippen molar-refractivity contribution in [3.8, 4) is 0 Å². The van der Waals surface area contributed by atoms with Gasteiger partial charge < -0.3 is 10.2 Å². The predicted octanol–water partition coefficient (Wildman–Crippen LogP) is 1.30. The van der Waals surface area contributed by atoms with Gasteiger partial charge in [-0.25, -0.2) is 4.39 Å². The van der Waals surface area contributed by atoms with Gasteiger partial charge in [-0.05, 0) is 24.6 Å². The molecule has 0 radical (unpaired) electrons. The average Bonchev–Trinajstić information content (AvgIpc) is 2.11. The molecule has 0 aromatic carbocycles. The Morgan fingerprint density at radius 3 is 2.18 bits per heavy atom. The third kappa shape index (κ3) is 2.77. The zero-order chi connectivity index (χ0) is 13.2. The van der Waals surface area contributed by atoms with Crippen molar-refractivity contribution in [2.75, 3.05) is 0 Å². The zero-order valence-electron chi connectivity index (χ0n) is 9.07. The number of allylic oxidation sites excluding steroid dienone is 4. The number of hydrogen-bond donors (Lipinski definition) is 2. The summed E-state index contributed by atoms with van der Waals surface area (Å²) < 4.78 is 13.2. The SMILES string of the molecule is CC1=CC(F)=CC(CC(=O)O)(CC(=O)O)C1=O. The lowest BCUT2D eigenvalue weighted by Gasteiger charge is -2.28. The molecule has 1 aliphatic rings. The van der Waals surface area contributed by atoms with E-state index in [1.54, 1.807) is 0 Å². The molecule has 17 heavy (non-hydrogen) atoms. The lowest BCUT2D eigenvalue weighted by Crippen LogP contribution is -2.36. The molecule has 2 N–H and O–H groups in total. The van der Waals surface area contributed by atoms with Crippen molar-refractivity contribution in [3.05, 3.63) is 23.6 Å². The summed E-state index contributed by atoms with van der Waals surface area (Å²) in [7, 11) is 0. The van der Waals surface area contributed by atoms with E-state index in [2.05, 4.69) is 0 Å². The van der Waals surface area contributed by atoms with Crippen molar-refractivity contribution in [2.45, 2.75) is 19.8 Å². The van der Waals surface area contributed by atoms with Crippen LogP contribution in [0.5, 0.6) is 0 Å². The minimum atomic E-state index is -1.82. The lowest BCUT2D eigenvalue weighted by molar-refractivity contribution is -0.146. The third-order valence-electron chi connectivity index (χ3n) is 2.51. The van der Waals surface area contributed by atoms with Crippen molar-refractivity contribution in [1.29, 1.82) is 0 Å². The molecule has 0 saturated heterocycles. The first kappa shape index (κ1) is 13.1. The van der Waals surface area contributed by atoms with Crippen LogP contribution >= 0.6 is 0 Å². The molecule has 0 bridgehead atoms. The van der Waals surface area contributed by atoms with Crippen LogP contribution in [0.4, 0.5) is 4.39 Å². The van der Waals surface area contributed by atoms with Crippen LogP contribution in [0.25, 0.3) is 0 Å². The van der Waals surface area contributed by atoms with E-state index in [0.717, 1.165) is 12.2 Å². The molecule has 6 heteroatoms. The Morgan fingerprint density at radius 1 is 1.29 bits per heavy atom. The number of halogens is 1. The monoisotopic (exact) mass is 242 g/mol. The van der Waals surface area contributed by atoms with E-state index in [1.807, 2.05) is 0 Å². The van der Waals surface area contributed by atoms with Gasteiger partial charge in [0, 0.05) is 0 Å². The lowest BCUT2D eigenvalue weighted by atomic mass is 9.72. The fourth-order valence-corrected chi connectivity index (χ4v) is 1.90. The molecule has 0 aromatic rings. The minimum Gasteiger partial charge on any atom is -0.481 e. The van der Waals surface area contributed by atoms with Gasteiger partial charge in [0.1, 0.15) is 5.83 Å². The summed E-state index contributed by atoms with van der Waals surface area (Å²) in [5, 5.41) is 17.4. The molecule has 0 fully saturated rings. The number of ketones is 1. The second-order valence-corrected chi connectivity index (χ2v) is 3.98. The van der Waals surface area contributed by atoms with Crippen LogP contribution in [-0.4, -0.2) is 27.9 Å². The third-order valence-corrected chi connectivity index (χ3v) is 2.51. The number of carboxylic acids is 2. The Morgan fingerprint density at radius 2 is 1.76 bits per heavy atom. The highest BCUT2D eigenvalue weighted by Gasteiger charge is 2.43. The molecular formula is C11H11FO5. The average molecular weight is 242 g/mol. The van der Waals surface area contributed by atoms with Gasteiger partial charge in [0.05, 0.1) is 18.3 Å². The maximum atomic E-state index is 13.2. The summed E-state index contributed by atoms with van der Waals surface area (Å²) in [4.78, 5) is 33.3. The summed E-state index contributed by atoms with van der Waals surface area (Å²) in [6, 6.07) is 0. The van der Waals surface area contributed by atoms with Crippen LogP contribution < -0.4 is 0 Å². The van der Waals surface area contributed by atoms with E-state index in [9.17, 15) is 18.8 Å². The van der Waals surface area contributed by atoms with Crippen molar-refractivity contribution in [3.63, 3.8) is 0 Å². The molecule has 1 rings (SSSR count). The molecule has 1 aliphatic carbocycles. The fourth-order valence-electron chi connectivity index (χ4n) is 1.90. The van der Waals surface area contributed by atoms with E-state index in [0.29, 0.717) is 0 Å². The minimum absolute atomic E-state index is 0.0208. The van der Waals surface area contributed by atoms with E-state index >= 15 is 0 Å². The molecule has 0 aromatic heterocycles. The van der Waals surface area contributed by atoms with Gasteiger partial charge in [-0.2, -0.15) is 0 Å². The van der Waals surface area contributed by atoms with E-state index in [4.69, 9.17) is 10.2 Å². The molecule has 0 heterocycles. The first-order chi connectivity index (χ1) is 7.77. The summed E-state index contributed by atoms with van der Waals surface area (Å²) in [6.45, 7) is 1.33. The van der Waals surface area contributed by atoms with Crippen LogP contribution in [0.15, 0.2) is 23.6 Å². The number of carbonyl (C=O) groups is 3. The van der Waals surface area contributed by atoms with Gasteiger partial charge in [-0.3, -0.25) is 14.4 Å². The van der Waals surface area contributed by atoms with Gasteiger partial charge in [0.2, 0.25) is 0 Å². The molecule has 0 aliphatic heterocycles. The second kappa shape index (κ2) is 4.48. The maximum Gasteiger partial charge on any atom is 0.304 e. The van der Waals surface area contributed by atoms with Crippen LogP contribution in [-0.2, 0) is 14.4 Å². The maximum absolute atomic E-state index is 13.2. The number of aliphatic carboxylic acids is 2. The molecule has 0 saturated carbocycles. The zero-order valence-corrected chi connectivity index (χ0v) is 9.07. The summed E-state index contributed by atoms with van der Waals surface area (Å²) >= 11 is 0. The smallest absolute Gasteiger partial charge is 0.304 e. The number of carbonyl (C=O) groups excluding carboxylic acids is 1. The highest BCUT2D eigenvalue weighted by atomic mass is 19.1. The van der Waals surface area contributed by atoms with Gasteiger partial charge in [-0.1, -0.05) is 0 Å². The molecule has 0 atom stereocenters. The first-order valence-corrected chi connectivity index (χ1v) is 4.82. The fraction of sp³-hybridized carbons (Fsp3) is 0.364. The molecular weight excluding hydrogens is 231 g/mol. The number of hydrogen-bond acceptors (Lipinski definition) is 3. The summed E-state index contributed by atoms with van der Waals surface area (Å²) in [5.74, 6) is -4.15. The number of carboxylic acid groups (broad SMARTS) is 2. The van der Waals surface area contributed by atoms with Gasteiger partial charge in [-0.15, -0.1) is 0 Å². The van der Waals surface area contributed by atoms with Gasteiger partial charge in [0.25, 0.3) is 0 Å². The predicted molar refractivity (Wildman–Crippen MR) is 54.9 cm³/mol. The van der Waals surface area contributed by atoms with Crippen LogP contribution in [0.3, 0.4) is 0 Å². The number of Topliss-reactive ketones (excluding diaryl/α,β-unsaturated/α-hetero) is 1. The summed E-state index contributed by atoms with van der Waals surface area (Å²) in [6.07, 6.45) is 0.266. The Hall–Kier alpha value is -1.98. The van der Waals surface area contributed by atoms with E-state index in [1.165, 1.54) is 6.92 Å². The Balaban J connectivity index is 3.22. The highest BCUT2D eigenvalue weighted by molar-refractivity contribution is 6.05.